The van der Waals surface area contributed by atoms with Gasteiger partial charge >= 0.3 is 5.97 Å². The second kappa shape index (κ2) is 8.47. The lowest BCUT2D eigenvalue weighted by atomic mass is 10.1. The summed E-state index contributed by atoms with van der Waals surface area (Å²) in [7, 11) is 0. The first kappa shape index (κ1) is 17.2. The molecule has 1 atom stereocenters. The Bertz CT molecular complexity index is 540. The highest BCUT2D eigenvalue weighted by atomic mass is 35.5. The molecule has 1 aromatic rings. The van der Waals surface area contributed by atoms with Crippen molar-refractivity contribution in [3.05, 3.63) is 40.4 Å². The van der Waals surface area contributed by atoms with E-state index in [4.69, 9.17) is 16.7 Å². The summed E-state index contributed by atoms with van der Waals surface area (Å²) in [6.07, 6.45) is 5.01. The maximum Gasteiger partial charge on any atom is 0.326 e. The maximum absolute atomic E-state index is 11.8. The van der Waals surface area contributed by atoms with Gasteiger partial charge in [0.15, 0.2) is 0 Å². The van der Waals surface area contributed by atoms with E-state index in [0.717, 1.165) is 24.0 Å². The Labute approximate surface area is 129 Å². The number of halogens is 1. The van der Waals surface area contributed by atoms with Crippen LogP contribution in [0.2, 0.25) is 5.02 Å². The minimum absolute atomic E-state index is 0.421. The van der Waals surface area contributed by atoms with Crippen molar-refractivity contribution in [3.63, 3.8) is 0 Å². The molecular formula is C16H20ClNO3. The number of carbonyl (C=O) groups is 2. The largest absolute Gasteiger partial charge is 0.480 e. The molecule has 0 heterocycles. The Morgan fingerprint density at radius 1 is 1.43 bits per heavy atom. The number of amides is 1. The lowest BCUT2D eigenvalue weighted by Crippen LogP contribution is -2.39. The molecule has 0 aliphatic carbocycles. The Morgan fingerprint density at radius 3 is 2.71 bits per heavy atom. The lowest BCUT2D eigenvalue weighted by Gasteiger charge is -2.12. The lowest BCUT2D eigenvalue weighted by molar-refractivity contribution is -0.141. The van der Waals surface area contributed by atoms with Crippen molar-refractivity contribution < 1.29 is 14.7 Å². The normalized spacial score (nSPS) is 12.3. The average Bonchev–Trinajstić information content (AvgIpc) is 2.44. The SMILES string of the molecule is CCCCC(NC(=O)/C=C/c1ccc(C)c(Cl)c1)C(=O)O. The average molecular weight is 310 g/mol. The third kappa shape index (κ3) is 6.00. The van der Waals surface area contributed by atoms with Gasteiger partial charge in [-0.25, -0.2) is 4.79 Å². The van der Waals surface area contributed by atoms with Gasteiger partial charge in [0.05, 0.1) is 0 Å². The molecule has 0 aliphatic rings. The van der Waals surface area contributed by atoms with Crippen molar-refractivity contribution in [3.8, 4) is 0 Å². The van der Waals surface area contributed by atoms with Crippen LogP contribution in [0.15, 0.2) is 24.3 Å². The molecule has 0 aromatic heterocycles. The van der Waals surface area contributed by atoms with E-state index in [1.54, 1.807) is 12.1 Å². The Balaban J connectivity index is 2.64. The minimum atomic E-state index is -1.01. The molecule has 1 amide bonds. The van der Waals surface area contributed by atoms with Crippen LogP contribution in [0.1, 0.15) is 37.3 Å². The number of benzene rings is 1. The first-order chi connectivity index (χ1) is 9.93. The summed E-state index contributed by atoms with van der Waals surface area (Å²) in [5.74, 6) is -1.43. The van der Waals surface area contributed by atoms with Crippen LogP contribution in [0, 0.1) is 6.92 Å². The molecule has 5 heteroatoms. The molecule has 0 fully saturated rings. The standard InChI is InChI=1S/C16H20ClNO3/c1-3-4-5-14(16(20)21)18-15(19)9-8-12-7-6-11(2)13(17)10-12/h6-10,14H,3-5H2,1-2H3,(H,18,19)(H,20,21)/b9-8+. The fourth-order valence-corrected chi connectivity index (χ4v) is 1.96. The molecule has 0 saturated heterocycles. The van der Waals surface area contributed by atoms with E-state index in [9.17, 15) is 9.59 Å². The Kier molecular flexibility index (Phi) is 6.96. The number of aryl methyl sites for hydroxylation is 1. The van der Waals surface area contributed by atoms with Crippen molar-refractivity contribution in [2.45, 2.75) is 39.2 Å². The van der Waals surface area contributed by atoms with Crippen LogP contribution in [-0.2, 0) is 9.59 Å². The van der Waals surface area contributed by atoms with Crippen LogP contribution in [0.3, 0.4) is 0 Å². The molecular weight excluding hydrogens is 290 g/mol. The Morgan fingerprint density at radius 2 is 2.14 bits per heavy atom. The van der Waals surface area contributed by atoms with Crippen LogP contribution in [0.4, 0.5) is 0 Å². The van der Waals surface area contributed by atoms with Gasteiger partial charge in [0, 0.05) is 11.1 Å². The summed E-state index contributed by atoms with van der Waals surface area (Å²) in [6.45, 7) is 3.87. The van der Waals surface area contributed by atoms with Crippen molar-refractivity contribution >= 4 is 29.6 Å². The molecule has 1 aromatic carbocycles. The number of hydrogen-bond acceptors (Lipinski definition) is 2. The van der Waals surface area contributed by atoms with Gasteiger partial charge in [-0.15, -0.1) is 0 Å². The van der Waals surface area contributed by atoms with E-state index in [2.05, 4.69) is 5.32 Å². The summed E-state index contributed by atoms with van der Waals surface area (Å²) in [4.78, 5) is 22.8. The molecule has 1 rings (SSSR count). The summed E-state index contributed by atoms with van der Waals surface area (Å²) in [6, 6.07) is 4.62. The van der Waals surface area contributed by atoms with E-state index in [1.165, 1.54) is 6.08 Å². The summed E-state index contributed by atoms with van der Waals surface area (Å²) >= 11 is 6.00. The number of carboxylic acid groups (broad SMARTS) is 1. The molecule has 114 valence electrons. The fourth-order valence-electron chi connectivity index (χ4n) is 1.77. The number of aliphatic carboxylic acids is 1. The number of rotatable bonds is 7. The van der Waals surface area contributed by atoms with E-state index < -0.39 is 17.9 Å². The first-order valence-corrected chi connectivity index (χ1v) is 7.29. The third-order valence-electron chi connectivity index (χ3n) is 3.08. The fraction of sp³-hybridized carbons (Fsp3) is 0.375. The third-order valence-corrected chi connectivity index (χ3v) is 3.49. The molecule has 0 spiro atoms. The molecule has 2 N–H and O–H groups in total. The second-order valence-corrected chi connectivity index (χ2v) is 5.29. The zero-order valence-electron chi connectivity index (χ0n) is 12.2. The molecule has 0 saturated carbocycles. The molecule has 0 radical (unpaired) electrons. The summed E-state index contributed by atoms with van der Waals surface area (Å²) < 4.78 is 0. The van der Waals surface area contributed by atoms with Gasteiger partial charge in [0.2, 0.25) is 5.91 Å². The van der Waals surface area contributed by atoms with Gasteiger partial charge in [0.1, 0.15) is 6.04 Å². The van der Waals surface area contributed by atoms with Crippen LogP contribution in [0.5, 0.6) is 0 Å². The second-order valence-electron chi connectivity index (χ2n) is 4.88. The topological polar surface area (TPSA) is 66.4 Å². The minimum Gasteiger partial charge on any atom is -0.480 e. The predicted molar refractivity (Wildman–Crippen MR) is 84.3 cm³/mol. The van der Waals surface area contributed by atoms with Crippen LogP contribution < -0.4 is 5.32 Å². The van der Waals surface area contributed by atoms with Crippen molar-refractivity contribution in [1.29, 1.82) is 0 Å². The van der Waals surface area contributed by atoms with E-state index >= 15 is 0 Å². The van der Waals surface area contributed by atoms with Crippen molar-refractivity contribution in [1.82, 2.24) is 5.32 Å². The number of unbranched alkanes of at least 4 members (excludes halogenated alkanes) is 1. The zero-order chi connectivity index (χ0) is 15.8. The first-order valence-electron chi connectivity index (χ1n) is 6.91. The van der Waals surface area contributed by atoms with Gasteiger partial charge in [0.25, 0.3) is 0 Å². The van der Waals surface area contributed by atoms with Crippen LogP contribution in [0.25, 0.3) is 6.08 Å². The van der Waals surface area contributed by atoms with E-state index in [1.807, 2.05) is 26.0 Å². The number of nitrogens with one attached hydrogen (secondary N) is 1. The van der Waals surface area contributed by atoms with Crippen molar-refractivity contribution in [2.24, 2.45) is 0 Å². The molecule has 0 bridgehead atoms. The smallest absolute Gasteiger partial charge is 0.326 e. The highest BCUT2D eigenvalue weighted by Crippen LogP contribution is 2.17. The van der Waals surface area contributed by atoms with Crippen LogP contribution >= 0.6 is 11.6 Å². The molecule has 0 aliphatic heterocycles. The van der Waals surface area contributed by atoms with Gasteiger partial charge in [-0.1, -0.05) is 43.5 Å². The van der Waals surface area contributed by atoms with Gasteiger partial charge in [-0.05, 0) is 36.6 Å². The number of carboxylic acids is 1. The van der Waals surface area contributed by atoms with Crippen molar-refractivity contribution in [2.75, 3.05) is 0 Å². The van der Waals surface area contributed by atoms with E-state index in [-0.39, 0.29) is 0 Å². The quantitative estimate of drug-likeness (QED) is 0.758. The molecule has 1 unspecified atom stereocenters. The highest BCUT2D eigenvalue weighted by Gasteiger charge is 2.17. The van der Waals surface area contributed by atoms with Gasteiger partial charge in [-0.3, -0.25) is 4.79 Å². The molecule has 4 nitrogen and oxygen atoms in total. The maximum atomic E-state index is 11.8. The summed E-state index contributed by atoms with van der Waals surface area (Å²) in [5.41, 5.74) is 1.75. The van der Waals surface area contributed by atoms with Crippen LogP contribution in [-0.4, -0.2) is 23.0 Å². The zero-order valence-corrected chi connectivity index (χ0v) is 13.0. The predicted octanol–water partition coefficient (Wildman–Crippen LogP) is 3.42. The number of carbonyl (C=O) groups excluding carboxylic acids is 1. The highest BCUT2D eigenvalue weighted by molar-refractivity contribution is 6.31. The number of hydrogen-bond donors (Lipinski definition) is 2. The molecule has 21 heavy (non-hydrogen) atoms. The monoisotopic (exact) mass is 309 g/mol. The van der Waals surface area contributed by atoms with Gasteiger partial charge in [-0.2, -0.15) is 0 Å². The Hall–Kier alpha value is -1.81. The summed E-state index contributed by atoms with van der Waals surface area (Å²) in [5, 5.41) is 12.2. The van der Waals surface area contributed by atoms with E-state index in [0.29, 0.717) is 11.4 Å². The van der Waals surface area contributed by atoms with Gasteiger partial charge < -0.3 is 10.4 Å².